The van der Waals surface area contributed by atoms with E-state index in [0.29, 0.717) is 26.2 Å². The fourth-order valence-corrected chi connectivity index (χ4v) is 11.8. The number of nitriles is 1. The molecule has 8 nitrogen and oxygen atoms in total. The summed E-state index contributed by atoms with van der Waals surface area (Å²) in [5.41, 5.74) is 9.66. The molecule has 0 aliphatic carbocycles. The third-order valence-electron chi connectivity index (χ3n) is 13.4. The maximum Gasteiger partial charge on any atom is 0.259 e. The lowest BCUT2D eigenvalue weighted by atomic mass is 9.80. The third kappa shape index (κ3) is 11.7. The van der Waals surface area contributed by atoms with Crippen LogP contribution in [-0.4, -0.2) is 67.1 Å². The molecule has 0 saturated heterocycles. The highest BCUT2D eigenvalue weighted by atomic mass is 35.5. The van der Waals surface area contributed by atoms with Gasteiger partial charge in [0.05, 0.1) is 44.8 Å². The van der Waals surface area contributed by atoms with Gasteiger partial charge in [-0.15, -0.1) is 0 Å². The molecule has 0 amide bonds. The molecule has 5 aromatic carbocycles. The Hall–Kier alpha value is -5.36. The Morgan fingerprint density at radius 3 is 1.90 bits per heavy atom. The van der Waals surface area contributed by atoms with Crippen LogP contribution in [0.15, 0.2) is 170 Å². The monoisotopic (exact) mass is 978 g/mol. The molecule has 0 spiro atoms. The summed E-state index contributed by atoms with van der Waals surface area (Å²) in [5, 5.41) is 9.17. The van der Waals surface area contributed by atoms with Crippen LogP contribution in [0.3, 0.4) is 0 Å². The van der Waals surface area contributed by atoms with E-state index in [0.717, 1.165) is 48.4 Å². The number of benzene rings is 5. The number of fused-ring (bicyclic) bond motifs is 2. The van der Waals surface area contributed by atoms with Gasteiger partial charge >= 0.3 is 0 Å². The van der Waals surface area contributed by atoms with E-state index < -0.39 is 14.1 Å². The first-order valence-corrected chi connectivity index (χ1v) is 25.8. The highest BCUT2D eigenvalue weighted by Gasteiger charge is 2.44. The van der Waals surface area contributed by atoms with Gasteiger partial charge in [0.2, 0.25) is 5.69 Å². The Morgan fingerprint density at radius 2 is 1.27 bits per heavy atom. The number of rotatable bonds is 23. The summed E-state index contributed by atoms with van der Waals surface area (Å²) in [4.78, 5) is 2.49. The summed E-state index contributed by atoms with van der Waals surface area (Å²) >= 11 is 0. The molecule has 0 saturated carbocycles. The highest BCUT2D eigenvalue weighted by Crippen LogP contribution is 2.49. The van der Waals surface area contributed by atoms with Crippen molar-refractivity contribution in [3.63, 3.8) is 0 Å². The van der Waals surface area contributed by atoms with Crippen molar-refractivity contribution in [1.29, 1.82) is 5.26 Å². The summed E-state index contributed by atoms with van der Waals surface area (Å²) < 4.78 is 30.2. The zero-order valence-corrected chi connectivity index (χ0v) is 44.3. The lowest BCUT2D eigenvalue weighted by Gasteiger charge is -2.36. The quantitative estimate of drug-likeness (QED) is 0.0212. The number of anilines is 1. The number of halogens is 1. The minimum absolute atomic E-state index is 0. The van der Waals surface area contributed by atoms with Crippen LogP contribution in [0.5, 0.6) is 5.75 Å². The van der Waals surface area contributed by atoms with Crippen LogP contribution < -0.4 is 22.0 Å². The number of nitrogens with zero attached hydrogens (tertiary/aromatic N) is 4. The number of allylic oxidation sites excluding steroid dienone is 6. The molecule has 70 heavy (non-hydrogen) atoms. The smallest absolute Gasteiger partial charge is 0.259 e. The van der Waals surface area contributed by atoms with Crippen molar-refractivity contribution < 1.29 is 35.5 Å². The minimum atomic E-state index is -1.29. The van der Waals surface area contributed by atoms with Crippen molar-refractivity contribution in [3.05, 3.63) is 197 Å². The van der Waals surface area contributed by atoms with Gasteiger partial charge in [0.15, 0.2) is 12.3 Å². The van der Waals surface area contributed by atoms with E-state index in [1.54, 1.807) is 7.11 Å². The van der Waals surface area contributed by atoms with Crippen LogP contribution in [0, 0.1) is 11.3 Å². The Bertz CT molecular complexity index is 2590. The van der Waals surface area contributed by atoms with Crippen LogP contribution in [0.4, 0.5) is 11.4 Å². The molecule has 10 heteroatoms. The van der Waals surface area contributed by atoms with Gasteiger partial charge in [-0.1, -0.05) is 141 Å². The average molecular weight is 980 g/mol. The molecule has 0 radical (unpaired) electrons. The normalized spacial score (nSPS) is 16.1. The van der Waals surface area contributed by atoms with Gasteiger partial charge in [-0.05, 0) is 94.5 Å². The fourth-order valence-electron chi connectivity index (χ4n) is 10.2. The zero-order valence-electron chi connectivity index (χ0n) is 42.6. The van der Waals surface area contributed by atoms with Crippen molar-refractivity contribution in [1.82, 2.24) is 4.67 Å². The Morgan fingerprint density at radius 1 is 0.686 bits per heavy atom. The molecule has 0 aromatic heterocycles. The Labute approximate surface area is 426 Å². The summed E-state index contributed by atoms with van der Waals surface area (Å²) in [6.07, 6.45) is 13.1. The lowest BCUT2D eigenvalue weighted by Crippen LogP contribution is -3.00. The summed E-state index contributed by atoms with van der Waals surface area (Å²) in [5.74, 6) is 0.810. The average Bonchev–Trinajstić information content (AvgIpc) is 3.70. The van der Waals surface area contributed by atoms with Gasteiger partial charge in [0.25, 0.3) is 8.53 Å². The number of hydrogen-bond acceptors (Lipinski definition) is 7. The minimum Gasteiger partial charge on any atom is -1.00 e. The van der Waals surface area contributed by atoms with Crippen LogP contribution in [0.25, 0.3) is 0 Å². The Balaban J connectivity index is 0.00000804. The van der Waals surface area contributed by atoms with Crippen molar-refractivity contribution in [2.45, 2.75) is 103 Å². The van der Waals surface area contributed by atoms with E-state index in [4.69, 9.17) is 18.5 Å². The van der Waals surface area contributed by atoms with Crippen LogP contribution in [0.2, 0.25) is 0 Å². The van der Waals surface area contributed by atoms with E-state index in [1.165, 1.54) is 33.9 Å². The lowest BCUT2D eigenvalue weighted by molar-refractivity contribution is -0.438. The molecule has 0 bridgehead atoms. The van der Waals surface area contributed by atoms with E-state index in [9.17, 15) is 5.26 Å². The molecule has 0 N–H and O–H groups in total. The van der Waals surface area contributed by atoms with Crippen LogP contribution in [0.1, 0.15) is 102 Å². The first-order valence-electron chi connectivity index (χ1n) is 24.6. The van der Waals surface area contributed by atoms with E-state index in [1.807, 2.05) is 12.1 Å². The molecule has 1 atom stereocenters. The first kappa shape index (κ1) is 54.0. The van der Waals surface area contributed by atoms with Crippen LogP contribution in [-0.2, 0) is 30.2 Å². The van der Waals surface area contributed by atoms with Gasteiger partial charge in [0.1, 0.15) is 11.4 Å². The maximum atomic E-state index is 9.17. The standard InChI is InChI=1S/C60H72N4O4P.ClH/c1-46(2)64(47(3)4)69(67-44-23-40-61)68-45-25-42-63-55-33-22-20-31-53(55)59(7,8)57(63)35-18-12-17-34-56-58(5,6)52-30-19-21-32-54(52)62(56)41-24-43-66-60(48-26-13-10-14-27-48,49-28-15-11-16-29-49)50-36-38-51(65-9)39-37-50;/h10-22,26-39,46-47H,23-25,41-45H2,1-9H3;1H/q+1;/p-1. The second kappa shape index (κ2) is 24.7. The maximum absolute atomic E-state index is 9.17. The van der Waals surface area contributed by atoms with Gasteiger partial charge < -0.3 is 35.8 Å². The number of para-hydroxylation sites is 2. The largest absolute Gasteiger partial charge is 1.00 e. The van der Waals surface area contributed by atoms with Gasteiger partial charge in [-0.3, -0.25) is 0 Å². The van der Waals surface area contributed by atoms with E-state index in [2.05, 4.69) is 227 Å². The second-order valence-electron chi connectivity index (χ2n) is 19.3. The van der Waals surface area contributed by atoms with Gasteiger partial charge in [0, 0.05) is 59.6 Å². The molecule has 1 unspecified atom stereocenters. The fraction of sp³-hybridized carbons (Fsp3) is 0.367. The SMILES string of the molecule is COc1ccc(C(OCCCN2/C(=C/C=C/C=C/C3=[N+](CCCOP(OCCC#N)N(C(C)C)C(C)C)c4ccccc4C3(C)C)C(C)(C)c3ccccc32)(c2ccccc2)c2ccccc2)cc1.[Cl-]. The zero-order chi connectivity index (χ0) is 49.0. The molecule has 368 valence electrons. The van der Waals surface area contributed by atoms with Crippen molar-refractivity contribution in [2.75, 3.05) is 44.9 Å². The van der Waals surface area contributed by atoms with Crippen molar-refractivity contribution in [3.8, 4) is 11.8 Å². The molecule has 2 heterocycles. The van der Waals surface area contributed by atoms with Crippen molar-refractivity contribution in [2.24, 2.45) is 0 Å². The molecule has 0 fully saturated rings. The predicted molar refractivity (Wildman–Crippen MR) is 285 cm³/mol. The molecular weight excluding hydrogens is 907 g/mol. The van der Waals surface area contributed by atoms with E-state index >= 15 is 0 Å². The first-order chi connectivity index (χ1) is 33.4. The van der Waals surface area contributed by atoms with E-state index in [-0.39, 0.29) is 35.3 Å². The number of ether oxygens (including phenoxy) is 2. The number of hydrogen-bond donors (Lipinski definition) is 0. The summed E-state index contributed by atoms with van der Waals surface area (Å²) in [6.45, 7) is 21.0. The number of methoxy groups -OCH3 is 1. The summed E-state index contributed by atoms with van der Waals surface area (Å²) in [6, 6.07) is 49.7. The van der Waals surface area contributed by atoms with Gasteiger partial charge in [-0.25, -0.2) is 4.67 Å². The molecular formula is C60H72ClN4O4P. The molecule has 5 aromatic rings. The van der Waals surface area contributed by atoms with Gasteiger partial charge in [-0.2, -0.15) is 9.84 Å². The molecule has 2 aliphatic heterocycles. The topological polar surface area (TPSA) is 70.2 Å². The Kier molecular flexibility index (Phi) is 19.0. The molecule has 7 rings (SSSR count). The molecule has 2 aliphatic rings. The van der Waals surface area contributed by atoms with Crippen LogP contribution >= 0.6 is 8.53 Å². The second-order valence-corrected chi connectivity index (χ2v) is 20.8. The third-order valence-corrected chi connectivity index (χ3v) is 15.5. The summed E-state index contributed by atoms with van der Waals surface area (Å²) in [7, 11) is 0.414. The van der Waals surface area contributed by atoms with Crippen molar-refractivity contribution >= 4 is 25.6 Å². The predicted octanol–water partition coefficient (Wildman–Crippen LogP) is 11.0. The highest BCUT2D eigenvalue weighted by molar-refractivity contribution is 7.44.